The van der Waals surface area contributed by atoms with Crippen molar-refractivity contribution < 1.29 is 4.74 Å². The Morgan fingerprint density at radius 1 is 1.17 bits per heavy atom. The van der Waals surface area contributed by atoms with Crippen molar-refractivity contribution in [3.63, 3.8) is 0 Å². The van der Waals surface area contributed by atoms with E-state index in [1.807, 2.05) is 0 Å². The second-order valence-electron chi connectivity index (χ2n) is 7.29. The summed E-state index contributed by atoms with van der Waals surface area (Å²) in [7, 11) is 2.24. The Hall–Kier alpha value is -0.120. The van der Waals surface area contributed by atoms with E-state index in [4.69, 9.17) is 10.5 Å². The quantitative estimate of drug-likeness (QED) is 0.821. The second-order valence-corrected chi connectivity index (χ2v) is 7.29. The van der Waals surface area contributed by atoms with E-state index >= 15 is 0 Å². The first kappa shape index (κ1) is 14.3. The van der Waals surface area contributed by atoms with Gasteiger partial charge in [0.2, 0.25) is 0 Å². The highest BCUT2D eigenvalue weighted by molar-refractivity contribution is 4.94. The van der Waals surface area contributed by atoms with Crippen molar-refractivity contribution in [1.82, 2.24) is 4.90 Å². The molecule has 0 amide bonds. The SMILES string of the molecule is CN(C1CCOC1)C1CC(C(C)(C)C)CCC1N. The van der Waals surface area contributed by atoms with E-state index in [-0.39, 0.29) is 0 Å². The summed E-state index contributed by atoms with van der Waals surface area (Å²) in [5.41, 5.74) is 6.78. The third kappa shape index (κ3) is 3.06. The van der Waals surface area contributed by atoms with Gasteiger partial charge in [-0.1, -0.05) is 20.8 Å². The molecule has 0 aromatic heterocycles. The summed E-state index contributed by atoms with van der Waals surface area (Å²) < 4.78 is 5.52. The Morgan fingerprint density at radius 2 is 1.89 bits per heavy atom. The van der Waals surface area contributed by atoms with Gasteiger partial charge < -0.3 is 10.5 Å². The number of nitrogens with two attached hydrogens (primary N) is 1. The Morgan fingerprint density at radius 3 is 2.44 bits per heavy atom. The molecule has 2 N–H and O–H groups in total. The molecule has 1 saturated heterocycles. The number of nitrogens with zero attached hydrogens (tertiary/aromatic N) is 1. The number of ether oxygens (including phenoxy) is 1. The van der Waals surface area contributed by atoms with Gasteiger partial charge in [-0.15, -0.1) is 0 Å². The minimum atomic E-state index is 0.342. The van der Waals surface area contributed by atoms with Crippen LogP contribution in [0.25, 0.3) is 0 Å². The largest absolute Gasteiger partial charge is 0.380 e. The van der Waals surface area contributed by atoms with E-state index in [1.54, 1.807) is 0 Å². The molecule has 0 bridgehead atoms. The molecule has 0 spiro atoms. The molecule has 0 aromatic rings. The summed E-state index contributed by atoms with van der Waals surface area (Å²) in [6, 6.07) is 1.46. The van der Waals surface area contributed by atoms with Crippen LogP contribution >= 0.6 is 0 Å². The van der Waals surface area contributed by atoms with Gasteiger partial charge in [0, 0.05) is 24.7 Å². The number of hydrogen-bond donors (Lipinski definition) is 1. The highest BCUT2D eigenvalue weighted by atomic mass is 16.5. The summed E-state index contributed by atoms with van der Waals surface area (Å²) in [4.78, 5) is 2.51. The van der Waals surface area contributed by atoms with E-state index < -0.39 is 0 Å². The van der Waals surface area contributed by atoms with Gasteiger partial charge in [0.25, 0.3) is 0 Å². The van der Waals surface area contributed by atoms with Crippen LogP contribution in [0.3, 0.4) is 0 Å². The van der Waals surface area contributed by atoms with E-state index in [1.165, 1.54) is 25.7 Å². The van der Waals surface area contributed by atoms with Gasteiger partial charge in [-0.05, 0) is 44.1 Å². The molecule has 1 saturated carbocycles. The van der Waals surface area contributed by atoms with Gasteiger partial charge in [-0.25, -0.2) is 0 Å². The van der Waals surface area contributed by atoms with Crippen molar-refractivity contribution in [1.29, 1.82) is 0 Å². The molecule has 2 rings (SSSR count). The van der Waals surface area contributed by atoms with Crippen LogP contribution < -0.4 is 5.73 Å². The number of likely N-dealkylation sites (N-methyl/N-ethyl adjacent to an activating group) is 1. The third-order valence-corrected chi connectivity index (χ3v) is 5.10. The second kappa shape index (κ2) is 5.48. The van der Waals surface area contributed by atoms with Gasteiger partial charge in [0.15, 0.2) is 0 Å². The molecule has 3 heteroatoms. The first-order valence-electron chi connectivity index (χ1n) is 7.45. The fourth-order valence-corrected chi connectivity index (χ4v) is 3.54. The normalized spacial score (nSPS) is 38.3. The van der Waals surface area contributed by atoms with Crippen LogP contribution in [0.15, 0.2) is 0 Å². The van der Waals surface area contributed by atoms with Crippen molar-refractivity contribution in [2.75, 3.05) is 20.3 Å². The fraction of sp³-hybridized carbons (Fsp3) is 1.00. The minimum Gasteiger partial charge on any atom is -0.380 e. The van der Waals surface area contributed by atoms with E-state index in [0.717, 1.165) is 19.1 Å². The van der Waals surface area contributed by atoms with Gasteiger partial charge in [-0.3, -0.25) is 4.90 Å². The lowest BCUT2D eigenvalue weighted by molar-refractivity contribution is 0.0549. The lowest BCUT2D eigenvalue weighted by Crippen LogP contribution is -2.54. The first-order valence-corrected chi connectivity index (χ1v) is 7.45. The zero-order valence-electron chi connectivity index (χ0n) is 12.5. The molecule has 0 aromatic carbocycles. The predicted octanol–water partition coefficient (Wildman–Crippen LogP) is 2.25. The molecule has 3 nitrogen and oxygen atoms in total. The summed E-state index contributed by atoms with van der Waals surface area (Å²) in [6.45, 7) is 8.90. The topological polar surface area (TPSA) is 38.5 Å². The zero-order valence-corrected chi connectivity index (χ0v) is 12.5. The molecular weight excluding hydrogens is 224 g/mol. The number of rotatable bonds is 2. The maximum Gasteiger partial charge on any atom is 0.0622 e. The maximum absolute atomic E-state index is 6.37. The van der Waals surface area contributed by atoms with Crippen LogP contribution in [0.2, 0.25) is 0 Å². The summed E-state index contributed by atoms with van der Waals surface area (Å²) >= 11 is 0. The van der Waals surface area contributed by atoms with Crippen molar-refractivity contribution in [3.05, 3.63) is 0 Å². The Labute approximate surface area is 112 Å². The Kier molecular flexibility index (Phi) is 4.35. The van der Waals surface area contributed by atoms with Crippen molar-refractivity contribution in [2.24, 2.45) is 17.1 Å². The average Bonchev–Trinajstić information content (AvgIpc) is 2.80. The molecule has 2 aliphatic rings. The molecule has 4 atom stereocenters. The van der Waals surface area contributed by atoms with Gasteiger partial charge in [0.1, 0.15) is 0 Å². The van der Waals surface area contributed by atoms with Gasteiger partial charge in [-0.2, -0.15) is 0 Å². The molecular formula is C15H30N2O. The van der Waals surface area contributed by atoms with Crippen molar-refractivity contribution in [3.8, 4) is 0 Å². The molecule has 1 aliphatic carbocycles. The van der Waals surface area contributed by atoms with Crippen LogP contribution in [-0.2, 0) is 4.74 Å². The third-order valence-electron chi connectivity index (χ3n) is 5.10. The summed E-state index contributed by atoms with van der Waals surface area (Å²) in [5, 5.41) is 0. The lowest BCUT2D eigenvalue weighted by atomic mass is 9.69. The molecule has 1 aliphatic heterocycles. The van der Waals surface area contributed by atoms with Crippen molar-refractivity contribution in [2.45, 2.75) is 64.6 Å². The van der Waals surface area contributed by atoms with Crippen LogP contribution in [-0.4, -0.2) is 43.3 Å². The summed E-state index contributed by atoms with van der Waals surface area (Å²) in [6.07, 6.45) is 4.87. The van der Waals surface area contributed by atoms with Crippen LogP contribution in [0, 0.1) is 11.3 Å². The average molecular weight is 254 g/mol. The van der Waals surface area contributed by atoms with E-state index in [2.05, 4.69) is 32.7 Å². The molecule has 4 unspecified atom stereocenters. The highest BCUT2D eigenvalue weighted by Gasteiger charge is 2.38. The smallest absolute Gasteiger partial charge is 0.0622 e. The lowest BCUT2D eigenvalue weighted by Gasteiger charge is -2.45. The molecule has 0 radical (unpaired) electrons. The van der Waals surface area contributed by atoms with Gasteiger partial charge >= 0.3 is 0 Å². The van der Waals surface area contributed by atoms with Crippen LogP contribution in [0.1, 0.15) is 46.5 Å². The molecule has 1 heterocycles. The number of hydrogen-bond acceptors (Lipinski definition) is 3. The van der Waals surface area contributed by atoms with Crippen LogP contribution in [0.4, 0.5) is 0 Å². The molecule has 2 fully saturated rings. The zero-order chi connectivity index (χ0) is 13.3. The molecule has 106 valence electrons. The van der Waals surface area contributed by atoms with E-state index in [0.29, 0.717) is 23.5 Å². The minimum absolute atomic E-state index is 0.342. The first-order chi connectivity index (χ1) is 8.39. The summed E-state index contributed by atoms with van der Waals surface area (Å²) in [5.74, 6) is 0.798. The maximum atomic E-state index is 6.37. The molecule has 18 heavy (non-hydrogen) atoms. The predicted molar refractivity (Wildman–Crippen MR) is 75.5 cm³/mol. The van der Waals surface area contributed by atoms with Gasteiger partial charge in [0.05, 0.1) is 6.61 Å². The van der Waals surface area contributed by atoms with Crippen molar-refractivity contribution >= 4 is 0 Å². The Balaban J connectivity index is 2.00. The van der Waals surface area contributed by atoms with Crippen LogP contribution in [0.5, 0.6) is 0 Å². The fourth-order valence-electron chi connectivity index (χ4n) is 3.54. The Bertz CT molecular complexity index is 268. The van der Waals surface area contributed by atoms with E-state index in [9.17, 15) is 0 Å². The monoisotopic (exact) mass is 254 g/mol. The standard InChI is InChI=1S/C15H30N2O/c1-15(2,3)11-5-6-13(16)14(9-11)17(4)12-7-8-18-10-12/h11-14H,5-10,16H2,1-4H3. The highest BCUT2D eigenvalue weighted by Crippen LogP contribution is 2.39.